The summed E-state index contributed by atoms with van der Waals surface area (Å²) in [6, 6.07) is 5.84. The number of ketones is 1. The van der Waals surface area contributed by atoms with Crippen molar-refractivity contribution in [3.63, 3.8) is 0 Å². The normalized spacial score (nSPS) is 12.4. The van der Waals surface area contributed by atoms with Gasteiger partial charge in [0.15, 0.2) is 5.78 Å². The van der Waals surface area contributed by atoms with Crippen LogP contribution in [0, 0.1) is 10.1 Å². The van der Waals surface area contributed by atoms with E-state index in [0.29, 0.717) is 6.42 Å². The number of carbonyl (C=O) groups is 1. The van der Waals surface area contributed by atoms with E-state index in [1.807, 2.05) is 25.9 Å². The van der Waals surface area contributed by atoms with Gasteiger partial charge in [-0.2, -0.15) is 0 Å². The summed E-state index contributed by atoms with van der Waals surface area (Å²) in [6.45, 7) is 1.96. The molecule has 5 nitrogen and oxygen atoms in total. The highest BCUT2D eigenvalue weighted by Crippen LogP contribution is 2.23. The summed E-state index contributed by atoms with van der Waals surface area (Å²) in [5.74, 6) is 0.136. The third kappa shape index (κ3) is 3.37. The minimum Gasteiger partial charge on any atom is -0.298 e. The molecule has 0 aliphatic heterocycles. The zero-order chi connectivity index (χ0) is 13.7. The highest BCUT2D eigenvalue weighted by atomic mass is 16.6. The van der Waals surface area contributed by atoms with Crippen molar-refractivity contribution < 1.29 is 9.72 Å². The predicted octanol–water partition coefficient (Wildman–Crippen LogP) is 2.57. The molecular formula is C13H18N2O3. The average molecular weight is 250 g/mol. The molecule has 0 amide bonds. The number of hydrogen-bond donors (Lipinski definition) is 0. The van der Waals surface area contributed by atoms with Gasteiger partial charge in [0.25, 0.3) is 5.69 Å². The first-order chi connectivity index (χ1) is 8.47. The Morgan fingerprint density at radius 2 is 1.89 bits per heavy atom. The Kier molecular flexibility index (Phi) is 4.97. The molecule has 1 rings (SSSR count). The molecule has 0 fully saturated rings. The lowest BCUT2D eigenvalue weighted by molar-refractivity contribution is -0.384. The molecule has 0 radical (unpaired) electrons. The summed E-state index contributed by atoms with van der Waals surface area (Å²) >= 11 is 0. The van der Waals surface area contributed by atoms with Gasteiger partial charge in [-0.15, -0.1) is 0 Å². The quantitative estimate of drug-likeness (QED) is 0.575. The second-order valence-electron chi connectivity index (χ2n) is 4.43. The lowest BCUT2D eigenvalue weighted by Gasteiger charge is -2.23. The monoisotopic (exact) mass is 250 g/mol. The van der Waals surface area contributed by atoms with Crippen molar-refractivity contribution in [3.8, 4) is 0 Å². The predicted molar refractivity (Wildman–Crippen MR) is 69.4 cm³/mol. The zero-order valence-electron chi connectivity index (χ0n) is 10.9. The van der Waals surface area contributed by atoms with Crippen molar-refractivity contribution in [3.05, 3.63) is 39.9 Å². The number of nitro groups is 1. The molecular weight excluding hydrogens is 232 g/mol. The minimum absolute atomic E-state index is 0.0409. The average Bonchev–Trinajstić information content (AvgIpc) is 2.29. The molecule has 0 heterocycles. The van der Waals surface area contributed by atoms with Crippen LogP contribution < -0.4 is 0 Å². The van der Waals surface area contributed by atoms with Gasteiger partial charge >= 0.3 is 0 Å². The molecule has 1 unspecified atom stereocenters. The zero-order valence-corrected chi connectivity index (χ0v) is 10.9. The SMILES string of the molecule is CCCC(=O)C(c1ccc([N+](=O)[O-])cc1)N(C)C. The fourth-order valence-corrected chi connectivity index (χ4v) is 1.93. The molecule has 0 N–H and O–H groups in total. The van der Waals surface area contributed by atoms with Gasteiger partial charge in [0, 0.05) is 18.6 Å². The lowest BCUT2D eigenvalue weighted by Crippen LogP contribution is -2.27. The van der Waals surface area contributed by atoms with Crippen molar-refractivity contribution in [2.75, 3.05) is 14.1 Å². The molecule has 0 aliphatic carbocycles. The molecule has 1 aromatic rings. The van der Waals surface area contributed by atoms with Gasteiger partial charge in [0.05, 0.1) is 11.0 Å². The van der Waals surface area contributed by atoms with Gasteiger partial charge in [-0.25, -0.2) is 0 Å². The Balaban J connectivity index is 2.99. The van der Waals surface area contributed by atoms with Crippen LogP contribution in [0.15, 0.2) is 24.3 Å². The molecule has 0 saturated carbocycles. The van der Waals surface area contributed by atoms with Crippen LogP contribution in [0.5, 0.6) is 0 Å². The summed E-state index contributed by atoms with van der Waals surface area (Å²) in [4.78, 5) is 24.0. The van der Waals surface area contributed by atoms with Crippen LogP contribution >= 0.6 is 0 Å². The smallest absolute Gasteiger partial charge is 0.269 e. The molecule has 0 aliphatic rings. The van der Waals surface area contributed by atoms with E-state index in [0.717, 1.165) is 12.0 Å². The van der Waals surface area contributed by atoms with Crippen molar-refractivity contribution in [2.45, 2.75) is 25.8 Å². The van der Waals surface area contributed by atoms with Gasteiger partial charge in [0.2, 0.25) is 0 Å². The van der Waals surface area contributed by atoms with E-state index in [2.05, 4.69) is 0 Å². The lowest BCUT2D eigenvalue weighted by atomic mass is 9.98. The third-order valence-corrected chi connectivity index (χ3v) is 2.74. The Morgan fingerprint density at radius 3 is 2.28 bits per heavy atom. The number of Topliss-reactive ketones (excluding diaryl/α,β-unsaturated/α-hetero) is 1. The van der Waals surface area contributed by atoms with Crippen LogP contribution in [0.25, 0.3) is 0 Å². The molecule has 18 heavy (non-hydrogen) atoms. The second-order valence-corrected chi connectivity index (χ2v) is 4.43. The fraction of sp³-hybridized carbons (Fsp3) is 0.462. The highest BCUT2D eigenvalue weighted by molar-refractivity contribution is 5.85. The molecule has 0 aromatic heterocycles. The molecule has 0 spiro atoms. The number of nitrogens with zero attached hydrogens (tertiary/aromatic N) is 2. The summed E-state index contributed by atoms with van der Waals surface area (Å²) in [7, 11) is 3.67. The second kappa shape index (κ2) is 6.26. The number of hydrogen-bond acceptors (Lipinski definition) is 4. The van der Waals surface area contributed by atoms with Crippen LogP contribution in [-0.4, -0.2) is 29.7 Å². The number of rotatable bonds is 6. The maximum Gasteiger partial charge on any atom is 0.269 e. The Labute approximate surface area is 107 Å². The van der Waals surface area contributed by atoms with E-state index in [4.69, 9.17) is 0 Å². The van der Waals surface area contributed by atoms with Gasteiger partial charge in [-0.05, 0) is 26.1 Å². The maximum atomic E-state index is 12.0. The highest BCUT2D eigenvalue weighted by Gasteiger charge is 2.22. The Morgan fingerprint density at radius 1 is 1.33 bits per heavy atom. The van der Waals surface area contributed by atoms with Gasteiger partial charge in [0.1, 0.15) is 0 Å². The number of non-ortho nitro benzene ring substituents is 1. The van der Waals surface area contributed by atoms with Crippen molar-refractivity contribution in [1.29, 1.82) is 0 Å². The molecule has 5 heteroatoms. The summed E-state index contributed by atoms with van der Waals surface area (Å²) < 4.78 is 0. The van der Waals surface area contributed by atoms with Crippen LogP contribution in [0.1, 0.15) is 31.4 Å². The van der Waals surface area contributed by atoms with E-state index < -0.39 is 4.92 Å². The number of carbonyl (C=O) groups excluding carboxylic acids is 1. The van der Waals surface area contributed by atoms with E-state index in [-0.39, 0.29) is 17.5 Å². The third-order valence-electron chi connectivity index (χ3n) is 2.74. The molecule has 0 bridgehead atoms. The van der Waals surface area contributed by atoms with E-state index >= 15 is 0 Å². The number of nitro benzene ring substituents is 1. The maximum absolute atomic E-state index is 12.0. The van der Waals surface area contributed by atoms with Gasteiger partial charge in [-0.1, -0.05) is 19.1 Å². The van der Waals surface area contributed by atoms with Crippen molar-refractivity contribution >= 4 is 11.5 Å². The van der Waals surface area contributed by atoms with Crippen molar-refractivity contribution in [1.82, 2.24) is 4.90 Å². The number of benzene rings is 1. The van der Waals surface area contributed by atoms with Crippen LogP contribution in [0.3, 0.4) is 0 Å². The Bertz CT molecular complexity index is 426. The topological polar surface area (TPSA) is 63.4 Å². The van der Waals surface area contributed by atoms with Crippen LogP contribution in [0.2, 0.25) is 0 Å². The first-order valence-corrected chi connectivity index (χ1v) is 5.90. The molecule has 0 saturated heterocycles. The largest absolute Gasteiger partial charge is 0.298 e. The summed E-state index contributed by atoms with van der Waals surface area (Å²) in [5, 5.41) is 10.6. The molecule has 1 aromatic carbocycles. The standard InChI is InChI=1S/C13H18N2O3/c1-4-5-12(16)13(14(2)3)10-6-8-11(9-7-10)15(17)18/h6-9,13H,4-5H2,1-3H3. The molecule has 98 valence electrons. The van der Waals surface area contributed by atoms with Gasteiger partial charge in [-0.3, -0.25) is 19.8 Å². The fourth-order valence-electron chi connectivity index (χ4n) is 1.93. The van der Waals surface area contributed by atoms with E-state index in [9.17, 15) is 14.9 Å². The van der Waals surface area contributed by atoms with Crippen LogP contribution in [0.4, 0.5) is 5.69 Å². The number of likely N-dealkylation sites (N-methyl/N-ethyl adjacent to an activating group) is 1. The first-order valence-electron chi connectivity index (χ1n) is 5.90. The molecule has 1 atom stereocenters. The Hall–Kier alpha value is -1.75. The minimum atomic E-state index is -0.442. The van der Waals surface area contributed by atoms with Crippen molar-refractivity contribution in [2.24, 2.45) is 0 Å². The summed E-state index contributed by atoms with van der Waals surface area (Å²) in [5.41, 5.74) is 0.836. The van der Waals surface area contributed by atoms with Crippen LogP contribution in [-0.2, 0) is 4.79 Å². The summed E-state index contributed by atoms with van der Waals surface area (Å²) in [6.07, 6.45) is 1.32. The van der Waals surface area contributed by atoms with Gasteiger partial charge < -0.3 is 0 Å². The first kappa shape index (κ1) is 14.3. The van der Waals surface area contributed by atoms with E-state index in [1.165, 1.54) is 12.1 Å². The van der Waals surface area contributed by atoms with E-state index in [1.54, 1.807) is 12.1 Å².